The summed E-state index contributed by atoms with van der Waals surface area (Å²) in [5, 5.41) is 9.32. The van der Waals surface area contributed by atoms with E-state index in [1.165, 1.54) is 12.1 Å². The molecule has 4 nitrogen and oxygen atoms in total. The van der Waals surface area contributed by atoms with Gasteiger partial charge in [-0.3, -0.25) is 9.59 Å². The van der Waals surface area contributed by atoms with Gasteiger partial charge in [-0.15, -0.1) is 0 Å². The number of carboxylic acids is 1. The molecule has 1 aromatic carbocycles. The van der Waals surface area contributed by atoms with Gasteiger partial charge in [0.1, 0.15) is 0 Å². The molecule has 0 spiro atoms. The third kappa shape index (κ3) is 4.52. The Morgan fingerprint density at radius 2 is 1.88 bits per heavy atom. The summed E-state index contributed by atoms with van der Waals surface area (Å²) in [6, 6.07) is 4.80. The molecule has 0 aliphatic carbocycles. The number of nitrogens with zero attached hydrogens (tertiary/aromatic N) is 1. The Balaban J connectivity index is 2.01. The third-order valence-electron chi connectivity index (χ3n) is 4.85. The van der Waals surface area contributed by atoms with E-state index in [-0.39, 0.29) is 24.8 Å². The number of hydrogen-bond donors (Lipinski definition) is 1. The Morgan fingerprint density at radius 3 is 2.40 bits per heavy atom. The summed E-state index contributed by atoms with van der Waals surface area (Å²) in [5.41, 5.74) is -1.01. The van der Waals surface area contributed by atoms with Crippen molar-refractivity contribution >= 4 is 11.9 Å². The quantitative estimate of drug-likeness (QED) is 0.889. The normalized spacial score (nSPS) is 22.5. The average molecular weight is 357 g/mol. The number of carbonyl (C=O) groups excluding carboxylic acids is 1. The molecule has 1 aromatic rings. The van der Waals surface area contributed by atoms with Gasteiger partial charge in [0.25, 0.3) is 0 Å². The maximum atomic E-state index is 12.6. The Morgan fingerprint density at radius 1 is 1.28 bits per heavy atom. The lowest BCUT2D eigenvalue weighted by Crippen LogP contribution is -2.48. The Hall–Kier alpha value is -2.05. The van der Waals surface area contributed by atoms with E-state index in [1.54, 1.807) is 18.7 Å². The van der Waals surface area contributed by atoms with Crippen molar-refractivity contribution in [1.82, 2.24) is 4.90 Å². The van der Waals surface area contributed by atoms with Crippen LogP contribution in [0.2, 0.25) is 0 Å². The predicted octanol–water partition coefficient (Wildman–Crippen LogP) is 3.91. The number of halogens is 3. The first-order valence-corrected chi connectivity index (χ1v) is 8.21. The maximum absolute atomic E-state index is 12.6. The van der Waals surface area contributed by atoms with E-state index in [9.17, 15) is 27.9 Å². The largest absolute Gasteiger partial charge is 0.481 e. The second kappa shape index (κ2) is 7.06. The van der Waals surface area contributed by atoms with Crippen molar-refractivity contribution < 1.29 is 27.9 Å². The van der Waals surface area contributed by atoms with Crippen LogP contribution in [0.3, 0.4) is 0 Å². The van der Waals surface area contributed by atoms with E-state index in [2.05, 4.69) is 0 Å². The van der Waals surface area contributed by atoms with Crippen LogP contribution in [0, 0.1) is 5.41 Å². The van der Waals surface area contributed by atoms with E-state index >= 15 is 0 Å². The molecule has 25 heavy (non-hydrogen) atoms. The van der Waals surface area contributed by atoms with E-state index in [4.69, 9.17) is 0 Å². The van der Waals surface area contributed by atoms with Crippen LogP contribution in [-0.2, 0) is 15.8 Å². The third-order valence-corrected chi connectivity index (χ3v) is 4.85. The van der Waals surface area contributed by atoms with E-state index in [0.717, 1.165) is 12.1 Å². The highest BCUT2D eigenvalue weighted by Crippen LogP contribution is 2.32. The molecule has 2 atom stereocenters. The second-order valence-electron chi connectivity index (χ2n) is 7.01. The summed E-state index contributed by atoms with van der Waals surface area (Å²) in [6.45, 7) is 4.09. The van der Waals surface area contributed by atoms with Crippen molar-refractivity contribution in [2.45, 2.75) is 45.2 Å². The van der Waals surface area contributed by atoms with Crippen molar-refractivity contribution in [3.05, 3.63) is 35.4 Å². The summed E-state index contributed by atoms with van der Waals surface area (Å²) in [7, 11) is 0. The van der Waals surface area contributed by atoms with Crippen LogP contribution in [0.1, 0.15) is 50.2 Å². The average Bonchev–Trinajstić information content (AvgIpc) is 2.54. The van der Waals surface area contributed by atoms with Crippen molar-refractivity contribution in [2.75, 3.05) is 13.1 Å². The molecule has 1 saturated heterocycles. The zero-order valence-electron chi connectivity index (χ0n) is 14.3. The molecule has 2 rings (SSSR count). The van der Waals surface area contributed by atoms with Crippen molar-refractivity contribution in [2.24, 2.45) is 5.41 Å². The van der Waals surface area contributed by atoms with E-state index in [1.807, 2.05) is 0 Å². The van der Waals surface area contributed by atoms with Gasteiger partial charge in [-0.25, -0.2) is 0 Å². The number of amides is 1. The molecule has 7 heteroatoms. The van der Waals surface area contributed by atoms with Crippen molar-refractivity contribution in [3.63, 3.8) is 0 Å². The molecular weight excluding hydrogens is 335 g/mol. The molecule has 0 aromatic heterocycles. The number of likely N-dealkylation sites (tertiary alicyclic amines) is 1. The Bertz CT molecular complexity index is 642. The molecule has 0 bridgehead atoms. The number of carboxylic acid groups (broad SMARTS) is 1. The van der Waals surface area contributed by atoms with Gasteiger partial charge < -0.3 is 10.0 Å². The maximum Gasteiger partial charge on any atom is 0.416 e. The van der Waals surface area contributed by atoms with Crippen LogP contribution >= 0.6 is 0 Å². The number of piperidine rings is 1. The summed E-state index contributed by atoms with van der Waals surface area (Å²) in [4.78, 5) is 25.4. The monoisotopic (exact) mass is 357 g/mol. The minimum Gasteiger partial charge on any atom is -0.481 e. The highest BCUT2D eigenvalue weighted by Gasteiger charge is 2.39. The zero-order valence-corrected chi connectivity index (χ0v) is 14.3. The summed E-state index contributed by atoms with van der Waals surface area (Å²) >= 11 is 0. The van der Waals surface area contributed by atoms with Gasteiger partial charge in [-0.2, -0.15) is 13.2 Å². The molecule has 1 fully saturated rings. The van der Waals surface area contributed by atoms with Gasteiger partial charge in [0, 0.05) is 19.5 Å². The molecule has 0 radical (unpaired) electrons. The number of aliphatic carboxylic acids is 1. The van der Waals surface area contributed by atoms with Crippen molar-refractivity contribution in [1.29, 1.82) is 0 Å². The summed E-state index contributed by atoms with van der Waals surface area (Å²) < 4.78 is 37.8. The van der Waals surface area contributed by atoms with Crippen LogP contribution in [0.25, 0.3) is 0 Å². The minimum absolute atomic E-state index is 0.140. The summed E-state index contributed by atoms with van der Waals surface area (Å²) in [5.74, 6) is -1.33. The van der Waals surface area contributed by atoms with Crippen LogP contribution in [0.4, 0.5) is 13.2 Å². The molecule has 1 amide bonds. The van der Waals surface area contributed by atoms with Crippen LogP contribution < -0.4 is 0 Å². The molecule has 1 aliphatic heterocycles. The fourth-order valence-electron chi connectivity index (χ4n) is 3.14. The molecular formula is C18H22F3NO3. The second-order valence-corrected chi connectivity index (χ2v) is 7.01. The number of hydrogen-bond acceptors (Lipinski definition) is 2. The van der Waals surface area contributed by atoms with Crippen LogP contribution in [-0.4, -0.2) is 35.0 Å². The number of benzene rings is 1. The van der Waals surface area contributed by atoms with Gasteiger partial charge in [-0.1, -0.05) is 19.1 Å². The smallest absolute Gasteiger partial charge is 0.416 e. The van der Waals surface area contributed by atoms with E-state index in [0.29, 0.717) is 24.9 Å². The first-order chi connectivity index (χ1) is 11.5. The van der Waals surface area contributed by atoms with Gasteiger partial charge in [0.05, 0.1) is 11.0 Å². The van der Waals surface area contributed by atoms with Gasteiger partial charge in [0.2, 0.25) is 5.91 Å². The molecule has 138 valence electrons. The minimum atomic E-state index is -4.38. The lowest BCUT2D eigenvalue weighted by Gasteiger charge is -2.38. The molecule has 2 unspecified atom stereocenters. The molecule has 0 saturated carbocycles. The highest BCUT2D eigenvalue weighted by molar-refractivity contribution is 5.80. The summed E-state index contributed by atoms with van der Waals surface area (Å²) in [6.07, 6.45) is -3.09. The predicted molar refractivity (Wildman–Crippen MR) is 86.0 cm³/mol. The molecule has 1 N–H and O–H groups in total. The fraction of sp³-hybridized carbons (Fsp3) is 0.556. The van der Waals surface area contributed by atoms with Gasteiger partial charge in [-0.05, 0) is 43.4 Å². The van der Waals surface area contributed by atoms with Gasteiger partial charge in [0.15, 0.2) is 0 Å². The number of rotatable bonds is 4. The molecule has 1 aliphatic rings. The van der Waals surface area contributed by atoms with Crippen LogP contribution in [0.5, 0.6) is 0 Å². The lowest BCUT2D eigenvalue weighted by atomic mass is 9.81. The van der Waals surface area contributed by atoms with Crippen molar-refractivity contribution in [3.8, 4) is 0 Å². The topological polar surface area (TPSA) is 57.6 Å². The lowest BCUT2D eigenvalue weighted by molar-refractivity contribution is -0.153. The number of alkyl halides is 3. The zero-order chi connectivity index (χ0) is 18.8. The standard InChI is InChI=1S/C18H22F3NO3/c1-12(13-4-6-14(7-5-13)18(19,20)21)10-15(23)22-9-3-8-17(2,11-22)16(24)25/h4-7,12H,3,8-11H2,1-2H3,(H,24,25). The first kappa shape index (κ1) is 19.3. The molecule has 1 heterocycles. The number of carbonyl (C=O) groups is 2. The highest BCUT2D eigenvalue weighted by atomic mass is 19.4. The first-order valence-electron chi connectivity index (χ1n) is 8.21. The Kier molecular flexibility index (Phi) is 5.44. The van der Waals surface area contributed by atoms with Gasteiger partial charge >= 0.3 is 12.1 Å². The SMILES string of the molecule is CC(CC(=O)N1CCCC(C)(C(=O)O)C1)c1ccc(C(F)(F)F)cc1. The van der Waals surface area contributed by atoms with Crippen LogP contribution in [0.15, 0.2) is 24.3 Å². The van der Waals surface area contributed by atoms with E-state index < -0.39 is 23.1 Å². The fourth-order valence-corrected chi connectivity index (χ4v) is 3.14. The Labute approximate surface area is 144 Å².